The lowest BCUT2D eigenvalue weighted by Crippen LogP contribution is -2.04. The van der Waals surface area contributed by atoms with E-state index in [1.54, 1.807) is 12.1 Å². The van der Waals surface area contributed by atoms with E-state index >= 15 is 0 Å². The summed E-state index contributed by atoms with van der Waals surface area (Å²) in [7, 11) is 1.91. The van der Waals surface area contributed by atoms with Crippen LogP contribution in [0.1, 0.15) is 22.5 Å². The molecule has 2 heterocycles. The van der Waals surface area contributed by atoms with Crippen molar-refractivity contribution in [2.75, 3.05) is 5.32 Å². The van der Waals surface area contributed by atoms with Gasteiger partial charge in [-0.1, -0.05) is 0 Å². The van der Waals surface area contributed by atoms with Crippen molar-refractivity contribution in [3.63, 3.8) is 0 Å². The molecule has 0 aliphatic rings. The third-order valence-corrected chi connectivity index (χ3v) is 2.88. The second-order valence-electron chi connectivity index (χ2n) is 4.23. The highest BCUT2D eigenvalue weighted by molar-refractivity contribution is 5.44. The molecule has 0 saturated carbocycles. The third kappa shape index (κ3) is 2.48. The zero-order chi connectivity index (χ0) is 13.1. The lowest BCUT2D eigenvalue weighted by Gasteiger charge is -2.06. The molecule has 5 nitrogen and oxygen atoms in total. The minimum Gasteiger partial charge on any atom is -0.366 e. The quantitative estimate of drug-likeness (QED) is 0.891. The molecule has 2 aromatic rings. The molecule has 0 atom stereocenters. The van der Waals surface area contributed by atoms with Gasteiger partial charge in [0, 0.05) is 30.5 Å². The van der Waals surface area contributed by atoms with E-state index < -0.39 is 0 Å². The number of aromatic nitrogens is 3. The molecule has 0 radical (unpaired) electrons. The average molecular weight is 241 g/mol. The number of nitriles is 1. The van der Waals surface area contributed by atoms with Gasteiger partial charge in [0.2, 0.25) is 0 Å². The Balaban J connectivity index is 2.13. The summed E-state index contributed by atoms with van der Waals surface area (Å²) in [6, 6.07) is 5.64. The highest BCUT2D eigenvalue weighted by Crippen LogP contribution is 2.12. The smallest absolute Gasteiger partial charge is 0.127 e. The molecule has 0 aliphatic carbocycles. The van der Waals surface area contributed by atoms with Crippen LogP contribution in [0, 0.1) is 25.2 Å². The van der Waals surface area contributed by atoms with E-state index in [0.717, 1.165) is 22.8 Å². The number of nitrogens with one attached hydrogen (secondary N) is 1. The summed E-state index contributed by atoms with van der Waals surface area (Å²) in [6.07, 6.45) is 1.84. The summed E-state index contributed by atoms with van der Waals surface area (Å²) in [4.78, 5) is 4.34. The largest absolute Gasteiger partial charge is 0.366 e. The van der Waals surface area contributed by atoms with Gasteiger partial charge in [0.15, 0.2) is 0 Å². The molecule has 0 aliphatic heterocycles. The summed E-state index contributed by atoms with van der Waals surface area (Å²) in [5.74, 6) is 0.717. The second-order valence-corrected chi connectivity index (χ2v) is 4.23. The van der Waals surface area contributed by atoms with Crippen molar-refractivity contribution in [2.45, 2.75) is 20.4 Å². The first-order valence-corrected chi connectivity index (χ1v) is 5.70. The van der Waals surface area contributed by atoms with Crippen molar-refractivity contribution in [1.82, 2.24) is 14.8 Å². The average Bonchev–Trinajstić information content (AvgIpc) is 2.67. The number of hydrogen-bond donors (Lipinski definition) is 1. The first kappa shape index (κ1) is 12.1. The molecule has 0 fully saturated rings. The van der Waals surface area contributed by atoms with Gasteiger partial charge in [-0.2, -0.15) is 10.4 Å². The number of nitrogens with zero attached hydrogens (tertiary/aromatic N) is 4. The SMILES string of the molecule is Cc1cc(C#N)cc(NCc2cnn(C)c2C)n1. The second kappa shape index (κ2) is 4.88. The third-order valence-electron chi connectivity index (χ3n) is 2.88. The maximum absolute atomic E-state index is 8.90. The Kier molecular flexibility index (Phi) is 3.28. The van der Waals surface area contributed by atoms with Gasteiger partial charge in [0.25, 0.3) is 0 Å². The van der Waals surface area contributed by atoms with E-state index in [9.17, 15) is 0 Å². The van der Waals surface area contributed by atoms with Gasteiger partial charge < -0.3 is 5.32 Å². The van der Waals surface area contributed by atoms with Crippen LogP contribution in [0.15, 0.2) is 18.3 Å². The zero-order valence-corrected chi connectivity index (χ0v) is 10.7. The topological polar surface area (TPSA) is 66.5 Å². The Morgan fingerprint density at radius 3 is 2.78 bits per heavy atom. The molecule has 92 valence electrons. The molecular formula is C13H15N5. The molecule has 2 rings (SSSR count). The molecule has 0 unspecified atom stereocenters. The molecule has 0 amide bonds. The van der Waals surface area contributed by atoms with E-state index in [1.807, 2.05) is 31.8 Å². The molecule has 5 heteroatoms. The van der Waals surface area contributed by atoms with Crippen LogP contribution in [0.5, 0.6) is 0 Å². The Morgan fingerprint density at radius 1 is 1.39 bits per heavy atom. The zero-order valence-electron chi connectivity index (χ0n) is 10.7. The Hall–Kier alpha value is -2.35. The van der Waals surface area contributed by atoms with E-state index in [4.69, 9.17) is 5.26 Å². The van der Waals surface area contributed by atoms with Crippen LogP contribution in [0.4, 0.5) is 5.82 Å². The first-order valence-electron chi connectivity index (χ1n) is 5.70. The van der Waals surface area contributed by atoms with Crippen LogP contribution >= 0.6 is 0 Å². The normalized spacial score (nSPS) is 10.1. The highest BCUT2D eigenvalue weighted by atomic mass is 15.3. The van der Waals surface area contributed by atoms with Crippen molar-refractivity contribution in [3.05, 3.63) is 40.8 Å². The van der Waals surface area contributed by atoms with Crippen LogP contribution in [-0.2, 0) is 13.6 Å². The maximum atomic E-state index is 8.90. The Bertz CT molecular complexity index is 606. The first-order chi connectivity index (χ1) is 8.60. The predicted molar refractivity (Wildman–Crippen MR) is 69.0 cm³/mol. The standard InChI is InChI=1S/C13H15N5/c1-9-4-11(6-14)5-13(17-9)15-7-12-8-16-18(3)10(12)2/h4-5,8H,7H2,1-3H3,(H,15,17). The molecular weight excluding hydrogens is 226 g/mol. The van der Waals surface area contributed by atoms with Gasteiger partial charge in [-0.15, -0.1) is 0 Å². The van der Waals surface area contributed by atoms with E-state index in [1.165, 1.54) is 0 Å². The van der Waals surface area contributed by atoms with Crippen LogP contribution in [0.25, 0.3) is 0 Å². The molecule has 0 aromatic carbocycles. The number of aryl methyl sites for hydroxylation is 2. The fourth-order valence-electron chi connectivity index (χ4n) is 1.73. The van der Waals surface area contributed by atoms with Crippen molar-refractivity contribution >= 4 is 5.82 Å². The van der Waals surface area contributed by atoms with Crippen LogP contribution in [0.3, 0.4) is 0 Å². The van der Waals surface area contributed by atoms with Crippen LogP contribution in [-0.4, -0.2) is 14.8 Å². The summed E-state index contributed by atoms with van der Waals surface area (Å²) < 4.78 is 1.83. The van der Waals surface area contributed by atoms with Gasteiger partial charge in [0.1, 0.15) is 5.82 Å². The van der Waals surface area contributed by atoms with Crippen molar-refractivity contribution in [3.8, 4) is 6.07 Å². The van der Waals surface area contributed by atoms with Gasteiger partial charge in [-0.25, -0.2) is 4.98 Å². The molecule has 2 aromatic heterocycles. The molecule has 18 heavy (non-hydrogen) atoms. The summed E-state index contributed by atoms with van der Waals surface area (Å²) in [5.41, 5.74) is 3.70. The predicted octanol–water partition coefficient (Wildman–Crippen LogP) is 1.92. The minimum atomic E-state index is 0.618. The number of anilines is 1. The lowest BCUT2D eigenvalue weighted by atomic mass is 10.2. The van der Waals surface area contributed by atoms with Crippen molar-refractivity contribution in [1.29, 1.82) is 5.26 Å². The molecule has 0 saturated heterocycles. The monoisotopic (exact) mass is 241 g/mol. The fraction of sp³-hybridized carbons (Fsp3) is 0.308. The van der Waals surface area contributed by atoms with E-state index in [2.05, 4.69) is 21.5 Å². The van der Waals surface area contributed by atoms with E-state index in [-0.39, 0.29) is 0 Å². The summed E-state index contributed by atoms with van der Waals surface area (Å²) >= 11 is 0. The van der Waals surface area contributed by atoms with Crippen LogP contribution in [0.2, 0.25) is 0 Å². The van der Waals surface area contributed by atoms with Gasteiger partial charge in [-0.3, -0.25) is 4.68 Å². The minimum absolute atomic E-state index is 0.618. The van der Waals surface area contributed by atoms with Crippen molar-refractivity contribution < 1.29 is 0 Å². The number of hydrogen-bond acceptors (Lipinski definition) is 4. The van der Waals surface area contributed by atoms with Gasteiger partial charge in [-0.05, 0) is 26.0 Å². The van der Waals surface area contributed by atoms with Crippen LogP contribution < -0.4 is 5.32 Å². The molecule has 1 N–H and O–H groups in total. The van der Waals surface area contributed by atoms with Crippen molar-refractivity contribution in [2.24, 2.45) is 7.05 Å². The fourth-order valence-corrected chi connectivity index (χ4v) is 1.73. The molecule has 0 spiro atoms. The van der Waals surface area contributed by atoms with E-state index in [0.29, 0.717) is 12.1 Å². The highest BCUT2D eigenvalue weighted by Gasteiger charge is 2.04. The summed E-state index contributed by atoms with van der Waals surface area (Å²) in [6.45, 7) is 4.55. The maximum Gasteiger partial charge on any atom is 0.127 e. The lowest BCUT2D eigenvalue weighted by molar-refractivity contribution is 0.738. The Labute approximate surface area is 106 Å². The van der Waals surface area contributed by atoms with Gasteiger partial charge >= 0.3 is 0 Å². The Morgan fingerprint density at radius 2 is 2.17 bits per heavy atom. The number of rotatable bonds is 3. The van der Waals surface area contributed by atoms with Gasteiger partial charge in [0.05, 0.1) is 17.8 Å². The number of pyridine rings is 1. The molecule has 0 bridgehead atoms. The summed E-state index contributed by atoms with van der Waals surface area (Å²) in [5, 5.41) is 16.3.